The van der Waals surface area contributed by atoms with Crippen LogP contribution >= 0.6 is 34.2 Å². The largest absolute Gasteiger partial charge is 0.352 e. The molecule has 10 heteroatoms. The van der Waals surface area contributed by atoms with Crippen molar-refractivity contribution in [3.05, 3.63) is 62.7 Å². The van der Waals surface area contributed by atoms with Gasteiger partial charge in [0.25, 0.3) is 0 Å². The van der Waals surface area contributed by atoms with Crippen LogP contribution in [0.1, 0.15) is 32.8 Å². The highest BCUT2D eigenvalue weighted by atomic mass is 127. The molecule has 7 nitrogen and oxygen atoms in total. The lowest BCUT2D eigenvalue weighted by Gasteiger charge is -2.32. The molecule has 2 atom stereocenters. The van der Waals surface area contributed by atoms with Crippen LogP contribution in [0, 0.1) is 3.57 Å². The van der Waals surface area contributed by atoms with Gasteiger partial charge in [-0.1, -0.05) is 30.7 Å². The summed E-state index contributed by atoms with van der Waals surface area (Å²) in [6, 6.07) is 13.0. The van der Waals surface area contributed by atoms with Gasteiger partial charge in [0.05, 0.1) is 11.9 Å². The average Bonchev–Trinajstić information content (AvgIpc) is 2.75. The number of sulfonamides is 1. The first-order valence-corrected chi connectivity index (χ1v) is 13.8. The molecule has 2 rings (SSSR count). The molecule has 180 valence electrons. The minimum absolute atomic E-state index is 0.0534. The van der Waals surface area contributed by atoms with Crippen LogP contribution in [0.25, 0.3) is 0 Å². The fraction of sp³-hybridized carbons (Fsp3) is 0.391. The highest BCUT2D eigenvalue weighted by Crippen LogP contribution is 2.21. The van der Waals surface area contributed by atoms with Gasteiger partial charge in [-0.3, -0.25) is 13.9 Å². The summed E-state index contributed by atoms with van der Waals surface area (Å²) in [5, 5.41) is 3.40. The van der Waals surface area contributed by atoms with Gasteiger partial charge in [0.15, 0.2) is 0 Å². The van der Waals surface area contributed by atoms with Gasteiger partial charge in [0, 0.05) is 21.2 Å². The summed E-state index contributed by atoms with van der Waals surface area (Å²) < 4.78 is 27.0. The van der Waals surface area contributed by atoms with Gasteiger partial charge in [-0.2, -0.15) is 0 Å². The summed E-state index contributed by atoms with van der Waals surface area (Å²) in [5.41, 5.74) is 1.12. The molecule has 1 N–H and O–H groups in total. The Bertz CT molecular complexity index is 1080. The molecule has 0 aliphatic heterocycles. The van der Waals surface area contributed by atoms with E-state index in [1.807, 2.05) is 13.8 Å². The monoisotopic (exact) mass is 605 g/mol. The normalized spacial score (nSPS) is 13.2. The lowest BCUT2D eigenvalue weighted by molar-refractivity contribution is -0.139. The number of hydrogen-bond acceptors (Lipinski definition) is 4. The third-order valence-electron chi connectivity index (χ3n) is 5.20. The van der Waals surface area contributed by atoms with E-state index in [4.69, 9.17) is 11.6 Å². The van der Waals surface area contributed by atoms with Crippen LogP contribution in [-0.2, 0) is 26.2 Å². The minimum Gasteiger partial charge on any atom is -0.352 e. The average molecular weight is 606 g/mol. The Labute approximate surface area is 214 Å². The number of nitrogens with one attached hydrogen (secondary N) is 1. The van der Waals surface area contributed by atoms with E-state index in [0.717, 1.165) is 26.1 Å². The van der Waals surface area contributed by atoms with Gasteiger partial charge < -0.3 is 10.2 Å². The molecule has 33 heavy (non-hydrogen) atoms. The van der Waals surface area contributed by atoms with Gasteiger partial charge in [-0.25, -0.2) is 8.42 Å². The number of rotatable bonds is 10. The van der Waals surface area contributed by atoms with E-state index in [-0.39, 0.29) is 18.5 Å². The summed E-state index contributed by atoms with van der Waals surface area (Å²) in [7, 11) is -3.75. The minimum atomic E-state index is -3.75. The Kier molecular flexibility index (Phi) is 9.99. The summed E-state index contributed by atoms with van der Waals surface area (Å²) in [5.74, 6) is -0.800. The summed E-state index contributed by atoms with van der Waals surface area (Å²) in [6.07, 6.45) is 1.80. The van der Waals surface area contributed by atoms with Crippen LogP contribution in [0.2, 0.25) is 5.02 Å². The van der Waals surface area contributed by atoms with Crippen LogP contribution in [0.15, 0.2) is 48.5 Å². The molecule has 2 aromatic carbocycles. The Hall–Kier alpha value is -1.85. The number of halogens is 2. The van der Waals surface area contributed by atoms with Crippen molar-refractivity contribution in [2.75, 3.05) is 17.1 Å². The van der Waals surface area contributed by atoms with E-state index in [1.165, 1.54) is 4.90 Å². The molecule has 0 heterocycles. The second kappa shape index (κ2) is 12.0. The van der Waals surface area contributed by atoms with Crippen molar-refractivity contribution in [3.8, 4) is 0 Å². The topological polar surface area (TPSA) is 86.8 Å². The van der Waals surface area contributed by atoms with Crippen LogP contribution < -0.4 is 9.62 Å². The number of amides is 2. The number of benzene rings is 2. The first kappa shape index (κ1) is 27.4. The highest BCUT2D eigenvalue weighted by molar-refractivity contribution is 14.1. The first-order valence-electron chi connectivity index (χ1n) is 10.5. The van der Waals surface area contributed by atoms with Crippen molar-refractivity contribution >= 4 is 61.7 Å². The molecule has 0 aliphatic rings. The van der Waals surface area contributed by atoms with Crippen LogP contribution in [0.4, 0.5) is 5.69 Å². The third kappa shape index (κ3) is 8.15. The zero-order valence-electron chi connectivity index (χ0n) is 19.1. The second-order valence-electron chi connectivity index (χ2n) is 7.89. The molecule has 0 saturated carbocycles. The van der Waals surface area contributed by atoms with Crippen LogP contribution in [-0.4, -0.2) is 50.0 Å². The maximum Gasteiger partial charge on any atom is 0.244 e. The van der Waals surface area contributed by atoms with Gasteiger partial charge in [0.1, 0.15) is 12.6 Å². The maximum atomic E-state index is 13.4. The van der Waals surface area contributed by atoms with E-state index in [1.54, 1.807) is 55.5 Å². The molecular weight excluding hydrogens is 577 g/mol. The van der Waals surface area contributed by atoms with E-state index >= 15 is 0 Å². The Balaban J connectivity index is 2.37. The zero-order chi connectivity index (χ0) is 24.8. The fourth-order valence-electron chi connectivity index (χ4n) is 3.10. The molecule has 2 aromatic rings. The zero-order valence-corrected chi connectivity index (χ0v) is 22.8. The first-order chi connectivity index (χ1) is 15.4. The maximum absolute atomic E-state index is 13.4. The Morgan fingerprint density at radius 1 is 1.12 bits per heavy atom. The molecule has 0 fully saturated rings. The van der Waals surface area contributed by atoms with Crippen molar-refractivity contribution < 1.29 is 18.0 Å². The summed E-state index contributed by atoms with van der Waals surface area (Å²) in [4.78, 5) is 27.7. The van der Waals surface area contributed by atoms with Crippen LogP contribution in [0.5, 0.6) is 0 Å². The Morgan fingerprint density at radius 3 is 2.30 bits per heavy atom. The SMILES string of the molecule is CC[C@@H](C)NC(=O)[C@@H](C)N(Cc1cccc(Cl)c1)C(=O)CN(c1ccc(I)cc1)S(C)(=O)=O. The number of nitrogens with zero attached hydrogens (tertiary/aromatic N) is 2. The molecule has 0 spiro atoms. The van der Waals surface area contributed by atoms with E-state index in [0.29, 0.717) is 10.7 Å². The van der Waals surface area contributed by atoms with E-state index in [9.17, 15) is 18.0 Å². The van der Waals surface area contributed by atoms with Gasteiger partial charge >= 0.3 is 0 Å². The van der Waals surface area contributed by atoms with Crippen molar-refractivity contribution in [2.24, 2.45) is 0 Å². The highest BCUT2D eigenvalue weighted by Gasteiger charge is 2.30. The van der Waals surface area contributed by atoms with Crippen molar-refractivity contribution in [1.29, 1.82) is 0 Å². The predicted octanol–water partition coefficient (Wildman–Crippen LogP) is 4.04. The standard InChI is InChI=1S/C23H29ClIN3O4S/c1-5-16(2)26-23(30)17(3)27(14-18-7-6-8-19(24)13-18)22(29)15-28(33(4,31)32)21-11-9-20(25)10-12-21/h6-13,16-17H,5,14-15H2,1-4H3,(H,26,30)/t16-,17-/m1/s1. The van der Waals surface area contributed by atoms with Crippen molar-refractivity contribution in [2.45, 2.75) is 45.8 Å². The second-order valence-corrected chi connectivity index (χ2v) is 11.5. The lowest BCUT2D eigenvalue weighted by Crippen LogP contribution is -2.52. The molecule has 0 saturated heterocycles. The smallest absolute Gasteiger partial charge is 0.244 e. The molecule has 0 unspecified atom stereocenters. The van der Waals surface area contributed by atoms with Gasteiger partial charge in [-0.05, 0) is 84.8 Å². The number of carbonyl (C=O) groups is 2. The molecule has 0 radical (unpaired) electrons. The van der Waals surface area contributed by atoms with Gasteiger partial charge in [-0.15, -0.1) is 0 Å². The van der Waals surface area contributed by atoms with Crippen LogP contribution in [0.3, 0.4) is 0 Å². The Morgan fingerprint density at radius 2 is 1.76 bits per heavy atom. The molecule has 0 aromatic heterocycles. The summed E-state index contributed by atoms with van der Waals surface area (Å²) in [6.45, 7) is 5.15. The van der Waals surface area contributed by atoms with Gasteiger partial charge in [0.2, 0.25) is 21.8 Å². The van der Waals surface area contributed by atoms with Crippen molar-refractivity contribution in [3.63, 3.8) is 0 Å². The summed E-state index contributed by atoms with van der Waals surface area (Å²) >= 11 is 8.23. The van der Waals surface area contributed by atoms with E-state index in [2.05, 4.69) is 27.9 Å². The number of anilines is 1. The molecule has 0 aliphatic carbocycles. The molecular formula is C23H29ClIN3O4S. The quantitative estimate of drug-likeness (QED) is 0.414. The molecule has 2 amide bonds. The van der Waals surface area contributed by atoms with Crippen molar-refractivity contribution in [1.82, 2.24) is 10.2 Å². The third-order valence-corrected chi connectivity index (χ3v) is 7.30. The predicted molar refractivity (Wildman–Crippen MR) is 141 cm³/mol. The number of carbonyl (C=O) groups excluding carboxylic acids is 2. The number of hydrogen-bond donors (Lipinski definition) is 1. The fourth-order valence-corrected chi connectivity index (χ4v) is 4.52. The van der Waals surface area contributed by atoms with E-state index < -0.39 is 28.5 Å². The molecule has 0 bridgehead atoms. The lowest BCUT2D eigenvalue weighted by atomic mass is 10.1.